The van der Waals surface area contributed by atoms with Crippen molar-refractivity contribution in [3.05, 3.63) is 63.7 Å². The maximum Gasteiger partial charge on any atom is 0.245 e. The molecule has 2 heterocycles. The van der Waals surface area contributed by atoms with E-state index >= 15 is 0 Å². The number of halogens is 3. The molecular formula is C24H24Cl3N5O. The van der Waals surface area contributed by atoms with Crippen LogP contribution in [-0.2, 0) is 4.79 Å². The Morgan fingerprint density at radius 2 is 1.73 bits per heavy atom. The molecule has 0 radical (unpaired) electrons. The number of aromatic nitrogens is 2. The van der Waals surface area contributed by atoms with Gasteiger partial charge >= 0.3 is 0 Å². The molecule has 2 aromatic carbocycles. The van der Waals surface area contributed by atoms with Crippen LogP contribution in [0.5, 0.6) is 0 Å². The molecule has 1 aromatic heterocycles. The predicted molar refractivity (Wildman–Crippen MR) is 135 cm³/mol. The molecule has 172 valence electrons. The van der Waals surface area contributed by atoms with Crippen molar-refractivity contribution in [1.82, 2.24) is 20.6 Å². The maximum atomic E-state index is 13.3. The number of amides is 1. The molecule has 1 saturated heterocycles. The molecule has 3 aromatic rings. The quantitative estimate of drug-likeness (QED) is 0.416. The Labute approximate surface area is 208 Å². The first kappa shape index (κ1) is 23.9. The van der Waals surface area contributed by atoms with Gasteiger partial charge in [-0.2, -0.15) is 0 Å². The first-order valence-corrected chi connectivity index (χ1v) is 11.9. The summed E-state index contributed by atoms with van der Waals surface area (Å²) in [6, 6.07) is 12.5. The summed E-state index contributed by atoms with van der Waals surface area (Å²) in [6.45, 7) is 4.24. The molecule has 0 bridgehead atoms. The minimum atomic E-state index is -0.644. The second kappa shape index (κ2) is 10.4. The molecule has 0 aliphatic carbocycles. The predicted octanol–water partition coefficient (Wildman–Crippen LogP) is 5.44. The van der Waals surface area contributed by atoms with Crippen LogP contribution in [0.1, 0.15) is 19.8 Å². The minimum absolute atomic E-state index is 0.118. The molecule has 0 saturated carbocycles. The van der Waals surface area contributed by atoms with E-state index in [0.717, 1.165) is 18.7 Å². The van der Waals surface area contributed by atoms with Gasteiger partial charge in [0.1, 0.15) is 11.2 Å². The van der Waals surface area contributed by atoms with Crippen LogP contribution in [0.2, 0.25) is 15.1 Å². The van der Waals surface area contributed by atoms with Crippen molar-refractivity contribution in [3.63, 3.8) is 0 Å². The van der Waals surface area contributed by atoms with Crippen molar-refractivity contribution < 1.29 is 4.79 Å². The molecule has 33 heavy (non-hydrogen) atoms. The van der Waals surface area contributed by atoms with Gasteiger partial charge in [-0.05, 0) is 62.8 Å². The fourth-order valence-corrected chi connectivity index (χ4v) is 4.67. The first-order valence-electron chi connectivity index (χ1n) is 10.8. The van der Waals surface area contributed by atoms with E-state index in [2.05, 4.69) is 20.9 Å². The van der Waals surface area contributed by atoms with E-state index in [9.17, 15) is 4.79 Å². The third-order valence-corrected chi connectivity index (χ3v) is 6.52. The van der Waals surface area contributed by atoms with Crippen LogP contribution >= 0.6 is 34.8 Å². The average Bonchev–Trinajstić information content (AvgIpc) is 2.80. The molecule has 1 aliphatic heterocycles. The molecule has 4 rings (SSSR count). The van der Waals surface area contributed by atoms with E-state index < -0.39 is 5.54 Å². The Kier molecular flexibility index (Phi) is 7.51. The zero-order chi connectivity index (χ0) is 23.4. The Morgan fingerprint density at radius 1 is 1.03 bits per heavy atom. The van der Waals surface area contributed by atoms with Crippen LogP contribution < -0.4 is 16.0 Å². The summed E-state index contributed by atoms with van der Waals surface area (Å²) in [6.07, 6.45) is 2.95. The molecule has 1 amide bonds. The molecule has 1 fully saturated rings. The van der Waals surface area contributed by atoms with Gasteiger partial charge < -0.3 is 16.0 Å². The normalized spacial score (nSPS) is 15.3. The monoisotopic (exact) mass is 503 g/mol. The third kappa shape index (κ3) is 5.31. The van der Waals surface area contributed by atoms with E-state index in [0.29, 0.717) is 57.2 Å². The third-order valence-electron chi connectivity index (χ3n) is 5.72. The van der Waals surface area contributed by atoms with Crippen LogP contribution in [-0.4, -0.2) is 41.0 Å². The SMILES string of the molecule is CCNC1(C(=O)Nc2cnc(-c3ccc(Cl)cc3)c(-c3ccc(Cl)cc3Cl)n2)CCNCC1. The number of anilines is 1. The largest absolute Gasteiger partial charge is 0.317 e. The van der Waals surface area contributed by atoms with Gasteiger partial charge in [0.25, 0.3) is 0 Å². The van der Waals surface area contributed by atoms with Crippen molar-refractivity contribution >= 4 is 46.5 Å². The fraction of sp³-hybridized carbons (Fsp3) is 0.292. The molecule has 0 spiro atoms. The summed E-state index contributed by atoms with van der Waals surface area (Å²) in [7, 11) is 0. The highest BCUT2D eigenvalue weighted by atomic mass is 35.5. The number of nitrogens with one attached hydrogen (secondary N) is 3. The Morgan fingerprint density at radius 3 is 2.39 bits per heavy atom. The summed E-state index contributed by atoms with van der Waals surface area (Å²) in [5, 5.41) is 11.2. The number of likely N-dealkylation sites (N-methyl/N-ethyl adjacent to an activating group) is 1. The lowest BCUT2D eigenvalue weighted by Gasteiger charge is -2.36. The van der Waals surface area contributed by atoms with Crippen LogP contribution in [0.15, 0.2) is 48.7 Å². The summed E-state index contributed by atoms with van der Waals surface area (Å²) in [5.74, 6) is 0.238. The second-order valence-electron chi connectivity index (χ2n) is 7.90. The van der Waals surface area contributed by atoms with Crippen molar-refractivity contribution in [3.8, 4) is 22.5 Å². The summed E-state index contributed by atoms with van der Waals surface area (Å²) in [5.41, 5.74) is 2.01. The smallest absolute Gasteiger partial charge is 0.245 e. The van der Waals surface area contributed by atoms with Gasteiger partial charge in [-0.1, -0.05) is 53.9 Å². The van der Waals surface area contributed by atoms with E-state index in [-0.39, 0.29) is 5.91 Å². The Hall–Kier alpha value is -2.22. The number of nitrogens with zero attached hydrogens (tertiary/aromatic N) is 2. The molecule has 6 nitrogen and oxygen atoms in total. The number of rotatable bonds is 6. The Bertz CT molecular complexity index is 1140. The van der Waals surface area contributed by atoms with Gasteiger partial charge in [0.15, 0.2) is 5.82 Å². The number of carbonyl (C=O) groups excluding carboxylic acids is 1. The molecule has 9 heteroatoms. The number of piperidine rings is 1. The van der Waals surface area contributed by atoms with Gasteiger partial charge in [0.05, 0.1) is 16.9 Å². The Balaban J connectivity index is 1.74. The number of carbonyl (C=O) groups is 1. The maximum absolute atomic E-state index is 13.3. The van der Waals surface area contributed by atoms with Gasteiger partial charge in [-0.15, -0.1) is 0 Å². The molecular weight excluding hydrogens is 481 g/mol. The highest BCUT2D eigenvalue weighted by Gasteiger charge is 2.39. The second-order valence-corrected chi connectivity index (χ2v) is 9.18. The van der Waals surface area contributed by atoms with Gasteiger partial charge in [0, 0.05) is 21.2 Å². The minimum Gasteiger partial charge on any atom is -0.317 e. The molecule has 1 aliphatic rings. The van der Waals surface area contributed by atoms with Gasteiger partial charge in [-0.25, -0.2) is 4.98 Å². The van der Waals surface area contributed by atoms with Crippen molar-refractivity contribution in [2.24, 2.45) is 0 Å². The average molecular weight is 505 g/mol. The number of hydrogen-bond acceptors (Lipinski definition) is 5. The standard InChI is InChI=1S/C24H24Cl3N5O/c1-2-30-24(9-11-28-12-10-24)23(33)32-20-14-29-21(15-3-5-16(25)6-4-15)22(31-20)18-8-7-17(26)13-19(18)27/h3-8,13-14,28,30H,2,9-12H2,1H3,(H,31,32,33). The van der Waals surface area contributed by atoms with Crippen molar-refractivity contribution in [2.75, 3.05) is 25.0 Å². The molecule has 0 atom stereocenters. The van der Waals surface area contributed by atoms with Crippen LogP contribution in [0.25, 0.3) is 22.5 Å². The van der Waals surface area contributed by atoms with E-state index in [4.69, 9.17) is 39.8 Å². The van der Waals surface area contributed by atoms with E-state index in [1.165, 1.54) is 0 Å². The lowest BCUT2D eigenvalue weighted by atomic mass is 9.87. The van der Waals surface area contributed by atoms with Crippen LogP contribution in [0.3, 0.4) is 0 Å². The molecule has 0 unspecified atom stereocenters. The first-order chi connectivity index (χ1) is 15.9. The van der Waals surface area contributed by atoms with E-state index in [1.807, 2.05) is 19.1 Å². The van der Waals surface area contributed by atoms with Crippen LogP contribution in [0, 0.1) is 0 Å². The zero-order valence-electron chi connectivity index (χ0n) is 18.1. The van der Waals surface area contributed by atoms with E-state index in [1.54, 1.807) is 36.5 Å². The topological polar surface area (TPSA) is 78.9 Å². The number of benzene rings is 2. The summed E-state index contributed by atoms with van der Waals surface area (Å²) >= 11 is 18.7. The van der Waals surface area contributed by atoms with Gasteiger partial charge in [-0.3, -0.25) is 9.78 Å². The number of hydrogen-bond donors (Lipinski definition) is 3. The highest BCUT2D eigenvalue weighted by molar-refractivity contribution is 6.36. The fourth-order valence-electron chi connectivity index (χ4n) is 4.05. The zero-order valence-corrected chi connectivity index (χ0v) is 20.4. The van der Waals surface area contributed by atoms with Crippen molar-refractivity contribution in [1.29, 1.82) is 0 Å². The lowest BCUT2D eigenvalue weighted by molar-refractivity contribution is -0.123. The van der Waals surface area contributed by atoms with Crippen molar-refractivity contribution in [2.45, 2.75) is 25.3 Å². The van der Waals surface area contributed by atoms with Gasteiger partial charge in [0.2, 0.25) is 5.91 Å². The lowest BCUT2D eigenvalue weighted by Crippen LogP contribution is -2.59. The highest BCUT2D eigenvalue weighted by Crippen LogP contribution is 2.36. The summed E-state index contributed by atoms with van der Waals surface area (Å²) < 4.78 is 0. The summed E-state index contributed by atoms with van der Waals surface area (Å²) in [4.78, 5) is 22.7. The van der Waals surface area contributed by atoms with Crippen LogP contribution in [0.4, 0.5) is 5.82 Å². The molecule has 3 N–H and O–H groups in total.